The Bertz CT molecular complexity index is 615. The van der Waals surface area contributed by atoms with E-state index < -0.39 is 6.10 Å². The second-order valence-electron chi connectivity index (χ2n) is 5.10. The topological polar surface area (TPSA) is 38.3 Å². The van der Waals surface area contributed by atoms with Crippen molar-refractivity contribution in [2.75, 3.05) is 0 Å². The summed E-state index contributed by atoms with van der Waals surface area (Å²) in [6.07, 6.45) is 0.232. The fourth-order valence-corrected chi connectivity index (χ4v) is 2.37. The Morgan fingerprint density at radius 1 is 1.18 bits per heavy atom. The van der Waals surface area contributed by atoms with Crippen LogP contribution < -0.4 is 10.1 Å². The van der Waals surface area contributed by atoms with Crippen LogP contribution in [0.1, 0.15) is 31.9 Å². The van der Waals surface area contributed by atoms with Crippen molar-refractivity contribution in [1.82, 2.24) is 5.32 Å². The van der Waals surface area contributed by atoms with Gasteiger partial charge < -0.3 is 10.1 Å². The Morgan fingerprint density at radius 3 is 2.55 bits per heavy atom. The SMILES string of the molecule is CC[C@@H](NC(=O)[C@H](C)Oc1cccc(Cl)c1)c1ccccc1. The number of nitrogens with one attached hydrogen (secondary N) is 1. The van der Waals surface area contributed by atoms with Crippen LogP contribution >= 0.6 is 11.6 Å². The van der Waals surface area contributed by atoms with Crippen LogP contribution in [0.3, 0.4) is 0 Å². The summed E-state index contributed by atoms with van der Waals surface area (Å²) in [5.41, 5.74) is 1.09. The van der Waals surface area contributed by atoms with E-state index in [1.807, 2.05) is 37.3 Å². The van der Waals surface area contributed by atoms with Crippen molar-refractivity contribution in [3.63, 3.8) is 0 Å². The molecule has 1 amide bonds. The van der Waals surface area contributed by atoms with Crippen molar-refractivity contribution in [2.45, 2.75) is 32.4 Å². The van der Waals surface area contributed by atoms with E-state index in [0.717, 1.165) is 12.0 Å². The molecule has 4 heteroatoms. The second kappa shape index (κ2) is 7.85. The highest BCUT2D eigenvalue weighted by molar-refractivity contribution is 6.30. The largest absolute Gasteiger partial charge is 0.481 e. The zero-order valence-corrected chi connectivity index (χ0v) is 13.5. The molecule has 0 heterocycles. The number of hydrogen-bond donors (Lipinski definition) is 1. The molecule has 2 atom stereocenters. The van der Waals surface area contributed by atoms with Gasteiger partial charge in [-0.2, -0.15) is 0 Å². The monoisotopic (exact) mass is 317 g/mol. The predicted molar refractivity (Wildman–Crippen MR) is 89.2 cm³/mol. The van der Waals surface area contributed by atoms with E-state index in [9.17, 15) is 4.79 Å². The van der Waals surface area contributed by atoms with E-state index in [4.69, 9.17) is 16.3 Å². The number of carbonyl (C=O) groups is 1. The minimum atomic E-state index is -0.587. The fraction of sp³-hybridized carbons (Fsp3) is 0.278. The third-order valence-electron chi connectivity index (χ3n) is 3.40. The van der Waals surface area contributed by atoms with Crippen molar-refractivity contribution < 1.29 is 9.53 Å². The maximum atomic E-state index is 12.3. The maximum Gasteiger partial charge on any atom is 0.261 e. The van der Waals surface area contributed by atoms with Crippen LogP contribution in [-0.4, -0.2) is 12.0 Å². The normalized spacial score (nSPS) is 13.2. The van der Waals surface area contributed by atoms with E-state index in [0.29, 0.717) is 10.8 Å². The number of rotatable bonds is 6. The lowest BCUT2D eigenvalue weighted by Gasteiger charge is -2.21. The van der Waals surface area contributed by atoms with Gasteiger partial charge >= 0.3 is 0 Å². The highest BCUT2D eigenvalue weighted by atomic mass is 35.5. The van der Waals surface area contributed by atoms with E-state index in [1.54, 1.807) is 31.2 Å². The Kier molecular flexibility index (Phi) is 5.84. The zero-order chi connectivity index (χ0) is 15.9. The molecule has 0 aliphatic rings. The zero-order valence-electron chi connectivity index (χ0n) is 12.8. The van der Waals surface area contributed by atoms with E-state index in [-0.39, 0.29) is 11.9 Å². The molecule has 0 bridgehead atoms. The molecule has 0 aliphatic carbocycles. The second-order valence-corrected chi connectivity index (χ2v) is 5.53. The van der Waals surface area contributed by atoms with Crippen LogP contribution in [0.2, 0.25) is 5.02 Å². The number of ether oxygens (including phenoxy) is 1. The summed E-state index contributed by atoms with van der Waals surface area (Å²) in [7, 11) is 0. The van der Waals surface area contributed by atoms with Crippen LogP contribution in [0.5, 0.6) is 5.75 Å². The summed E-state index contributed by atoms with van der Waals surface area (Å²) in [6.45, 7) is 3.77. The number of hydrogen-bond acceptors (Lipinski definition) is 2. The molecule has 0 aromatic heterocycles. The van der Waals surface area contributed by atoms with Gasteiger partial charge in [-0.15, -0.1) is 0 Å². The Morgan fingerprint density at radius 2 is 1.91 bits per heavy atom. The lowest BCUT2D eigenvalue weighted by Crippen LogP contribution is -2.38. The van der Waals surface area contributed by atoms with Gasteiger partial charge in [-0.05, 0) is 37.1 Å². The third-order valence-corrected chi connectivity index (χ3v) is 3.64. The van der Waals surface area contributed by atoms with Crippen molar-refractivity contribution in [1.29, 1.82) is 0 Å². The molecule has 2 aromatic carbocycles. The van der Waals surface area contributed by atoms with Crippen molar-refractivity contribution in [2.24, 2.45) is 0 Å². The molecule has 0 aliphatic heterocycles. The first-order valence-electron chi connectivity index (χ1n) is 7.37. The molecule has 22 heavy (non-hydrogen) atoms. The molecule has 2 aromatic rings. The van der Waals surface area contributed by atoms with Gasteiger partial charge in [-0.1, -0.05) is 54.9 Å². The number of halogens is 1. The molecule has 116 valence electrons. The summed E-state index contributed by atoms with van der Waals surface area (Å²) in [4.78, 5) is 12.3. The van der Waals surface area contributed by atoms with Crippen LogP contribution in [0.15, 0.2) is 54.6 Å². The minimum absolute atomic E-state index is 0.0147. The summed E-state index contributed by atoms with van der Waals surface area (Å²) in [5.74, 6) is 0.443. The van der Waals surface area contributed by atoms with E-state index >= 15 is 0 Å². The van der Waals surface area contributed by atoms with Gasteiger partial charge in [0.25, 0.3) is 5.91 Å². The summed E-state index contributed by atoms with van der Waals surface area (Å²) >= 11 is 5.91. The van der Waals surface area contributed by atoms with Gasteiger partial charge in [-0.25, -0.2) is 0 Å². The lowest BCUT2D eigenvalue weighted by molar-refractivity contribution is -0.128. The standard InChI is InChI=1S/C18H20ClNO2/c1-3-17(14-8-5-4-6-9-14)20-18(21)13(2)22-16-11-7-10-15(19)12-16/h4-13,17H,3H2,1-2H3,(H,20,21)/t13-,17+/m0/s1. The van der Waals surface area contributed by atoms with E-state index in [2.05, 4.69) is 5.32 Å². The number of carbonyl (C=O) groups excluding carboxylic acids is 1. The molecule has 0 saturated carbocycles. The first kappa shape index (κ1) is 16.4. The van der Waals surface area contributed by atoms with Gasteiger partial charge in [0.15, 0.2) is 6.10 Å². The number of amides is 1. The molecule has 0 saturated heterocycles. The van der Waals surface area contributed by atoms with Crippen LogP contribution in [0, 0.1) is 0 Å². The first-order valence-corrected chi connectivity index (χ1v) is 7.75. The fourth-order valence-electron chi connectivity index (χ4n) is 2.19. The van der Waals surface area contributed by atoms with Crippen molar-refractivity contribution in [3.8, 4) is 5.75 Å². The lowest BCUT2D eigenvalue weighted by atomic mass is 10.0. The van der Waals surface area contributed by atoms with E-state index in [1.165, 1.54) is 0 Å². The average molecular weight is 318 g/mol. The van der Waals surface area contributed by atoms with Gasteiger partial charge in [0.1, 0.15) is 5.75 Å². The highest BCUT2D eigenvalue weighted by Gasteiger charge is 2.19. The summed E-state index contributed by atoms with van der Waals surface area (Å²) < 4.78 is 5.64. The first-order chi connectivity index (χ1) is 10.6. The number of benzene rings is 2. The molecule has 2 rings (SSSR count). The van der Waals surface area contributed by atoms with Gasteiger partial charge in [0.05, 0.1) is 6.04 Å². The molecule has 1 N–H and O–H groups in total. The highest BCUT2D eigenvalue weighted by Crippen LogP contribution is 2.19. The van der Waals surface area contributed by atoms with Gasteiger partial charge in [-0.3, -0.25) is 4.79 Å². The predicted octanol–water partition coefficient (Wildman–Crippen LogP) is 4.37. The van der Waals surface area contributed by atoms with Crippen LogP contribution in [-0.2, 0) is 4.79 Å². The van der Waals surface area contributed by atoms with Crippen molar-refractivity contribution in [3.05, 3.63) is 65.2 Å². The quantitative estimate of drug-likeness (QED) is 0.859. The molecule has 3 nitrogen and oxygen atoms in total. The molecule has 0 unspecified atom stereocenters. The Balaban J connectivity index is 1.98. The molecule has 0 fully saturated rings. The Hall–Kier alpha value is -2.00. The van der Waals surface area contributed by atoms with Crippen LogP contribution in [0.4, 0.5) is 0 Å². The van der Waals surface area contributed by atoms with Crippen molar-refractivity contribution >= 4 is 17.5 Å². The Labute approximate surface area is 136 Å². The van der Waals surface area contributed by atoms with Crippen LogP contribution in [0.25, 0.3) is 0 Å². The maximum absolute atomic E-state index is 12.3. The average Bonchev–Trinajstić information content (AvgIpc) is 2.53. The summed E-state index contributed by atoms with van der Waals surface area (Å²) in [5, 5.41) is 3.60. The molecular formula is C18H20ClNO2. The third kappa shape index (κ3) is 4.50. The minimum Gasteiger partial charge on any atom is -0.481 e. The molecular weight excluding hydrogens is 298 g/mol. The molecule has 0 radical (unpaired) electrons. The summed E-state index contributed by atoms with van der Waals surface area (Å²) in [6, 6.07) is 16.9. The van der Waals surface area contributed by atoms with Gasteiger partial charge in [0, 0.05) is 5.02 Å². The smallest absolute Gasteiger partial charge is 0.261 e. The van der Waals surface area contributed by atoms with Gasteiger partial charge in [0.2, 0.25) is 0 Å². The molecule has 0 spiro atoms.